The zero-order valence-corrected chi connectivity index (χ0v) is 16.9. The van der Waals surface area contributed by atoms with Crippen molar-refractivity contribution in [3.8, 4) is 0 Å². The van der Waals surface area contributed by atoms with Gasteiger partial charge in [0.1, 0.15) is 0 Å². The molecule has 3 heterocycles. The number of thioether (sulfide) groups is 1. The van der Waals surface area contributed by atoms with Crippen molar-refractivity contribution in [3.63, 3.8) is 0 Å². The molecule has 1 N–H and O–H groups in total. The van der Waals surface area contributed by atoms with Crippen LogP contribution in [0.3, 0.4) is 0 Å². The van der Waals surface area contributed by atoms with Crippen molar-refractivity contribution in [1.29, 1.82) is 0 Å². The van der Waals surface area contributed by atoms with E-state index < -0.39 is 0 Å². The van der Waals surface area contributed by atoms with Gasteiger partial charge in [-0.25, -0.2) is 0 Å². The lowest BCUT2D eigenvalue weighted by Gasteiger charge is -2.28. The van der Waals surface area contributed by atoms with Crippen LogP contribution in [-0.4, -0.2) is 58.3 Å². The van der Waals surface area contributed by atoms with E-state index in [2.05, 4.69) is 25.0 Å². The third-order valence-corrected chi connectivity index (χ3v) is 6.77. The van der Waals surface area contributed by atoms with Gasteiger partial charge in [0.2, 0.25) is 11.9 Å². The van der Waals surface area contributed by atoms with E-state index in [0.29, 0.717) is 11.8 Å². The topological polar surface area (TPSA) is 72.3 Å². The van der Waals surface area contributed by atoms with E-state index in [4.69, 9.17) is 4.74 Å². The van der Waals surface area contributed by atoms with Crippen molar-refractivity contribution in [2.24, 2.45) is 0 Å². The molecule has 1 atom stereocenters. The summed E-state index contributed by atoms with van der Waals surface area (Å²) in [5.74, 6) is 1.46. The van der Waals surface area contributed by atoms with Crippen LogP contribution in [-0.2, 0) is 16.1 Å². The Balaban J connectivity index is 1.41. The Kier molecular flexibility index (Phi) is 6.55. The van der Waals surface area contributed by atoms with Crippen LogP contribution in [0.1, 0.15) is 57.8 Å². The molecular weight excluding hydrogens is 362 g/mol. The molecular formula is C19H31N5O2S. The van der Waals surface area contributed by atoms with Gasteiger partial charge < -0.3 is 15.0 Å². The van der Waals surface area contributed by atoms with Gasteiger partial charge in [0, 0.05) is 25.7 Å². The standard InChI is InChI=1S/C19H31N5O2S/c25-17(20-15-7-2-3-8-15)14-27-19-22-21-18(23-10-4-1-5-11-23)24(19)13-16-9-6-12-26-16/h15-16H,1-14H2,(H,20,25). The molecule has 4 rings (SSSR count). The van der Waals surface area contributed by atoms with Crippen LogP contribution in [0.15, 0.2) is 5.16 Å². The SMILES string of the molecule is O=C(CSc1nnc(N2CCCCC2)n1CC1CCCO1)NC1CCCC1. The number of amides is 1. The number of rotatable bonds is 7. The zero-order chi connectivity index (χ0) is 18.5. The van der Waals surface area contributed by atoms with Gasteiger partial charge >= 0.3 is 0 Å². The first-order chi connectivity index (χ1) is 13.3. The molecule has 1 aromatic heterocycles. The molecule has 8 heteroatoms. The predicted octanol–water partition coefficient (Wildman–Crippen LogP) is 2.60. The maximum absolute atomic E-state index is 12.3. The maximum Gasteiger partial charge on any atom is 0.230 e. The van der Waals surface area contributed by atoms with Gasteiger partial charge in [0.05, 0.1) is 18.4 Å². The fraction of sp³-hybridized carbons (Fsp3) is 0.842. The van der Waals surface area contributed by atoms with Gasteiger partial charge in [-0.15, -0.1) is 10.2 Å². The van der Waals surface area contributed by atoms with E-state index in [1.54, 1.807) is 0 Å². The number of ether oxygens (including phenoxy) is 1. The Hall–Kier alpha value is -1.28. The number of hydrogen-bond acceptors (Lipinski definition) is 6. The first-order valence-electron chi connectivity index (χ1n) is 10.5. The Labute approximate surface area is 165 Å². The highest BCUT2D eigenvalue weighted by Crippen LogP contribution is 2.27. The summed E-state index contributed by atoms with van der Waals surface area (Å²) < 4.78 is 8.04. The van der Waals surface area contributed by atoms with Crippen LogP contribution in [0, 0.1) is 0 Å². The summed E-state index contributed by atoms with van der Waals surface area (Å²) in [7, 11) is 0. The highest BCUT2D eigenvalue weighted by Gasteiger charge is 2.25. The minimum atomic E-state index is 0.109. The van der Waals surface area contributed by atoms with Crippen LogP contribution in [0.25, 0.3) is 0 Å². The van der Waals surface area contributed by atoms with E-state index in [1.807, 2.05) is 0 Å². The van der Waals surface area contributed by atoms with Gasteiger partial charge in [0.25, 0.3) is 0 Å². The number of nitrogens with one attached hydrogen (secondary N) is 1. The Morgan fingerprint density at radius 2 is 1.89 bits per heavy atom. The fourth-order valence-corrected chi connectivity index (χ4v) is 5.09. The largest absolute Gasteiger partial charge is 0.376 e. The van der Waals surface area contributed by atoms with Gasteiger partial charge in [-0.05, 0) is 44.9 Å². The molecule has 7 nitrogen and oxygen atoms in total. The van der Waals surface area contributed by atoms with Crippen molar-refractivity contribution >= 4 is 23.6 Å². The molecule has 1 unspecified atom stereocenters. The summed E-state index contributed by atoms with van der Waals surface area (Å²) in [6.45, 7) is 3.70. The summed E-state index contributed by atoms with van der Waals surface area (Å²) in [5.41, 5.74) is 0. The number of piperidine rings is 1. The lowest BCUT2D eigenvalue weighted by molar-refractivity contribution is -0.119. The van der Waals surface area contributed by atoms with E-state index >= 15 is 0 Å². The van der Waals surface area contributed by atoms with Gasteiger partial charge in [-0.1, -0.05) is 24.6 Å². The van der Waals surface area contributed by atoms with Gasteiger partial charge in [-0.2, -0.15) is 0 Å². The highest BCUT2D eigenvalue weighted by molar-refractivity contribution is 7.99. The number of carbonyl (C=O) groups is 1. The second-order valence-electron chi connectivity index (χ2n) is 7.91. The molecule has 0 radical (unpaired) electrons. The summed E-state index contributed by atoms with van der Waals surface area (Å²) in [6, 6.07) is 0.367. The molecule has 1 saturated carbocycles. The number of nitrogens with zero attached hydrogens (tertiary/aromatic N) is 4. The third-order valence-electron chi connectivity index (χ3n) is 5.80. The van der Waals surface area contributed by atoms with E-state index in [0.717, 1.165) is 63.0 Å². The van der Waals surface area contributed by atoms with Crippen LogP contribution in [0.4, 0.5) is 5.95 Å². The predicted molar refractivity (Wildman–Crippen MR) is 106 cm³/mol. The summed E-state index contributed by atoms with van der Waals surface area (Å²) in [5, 5.41) is 12.9. The van der Waals surface area contributed by atoms with Crippen molar-refractivity contribution in [3.05, 3.63) is 0 Å². The van der Waals surface area contributed by atoms with Crippen molar-refractivity contribution in [1.82, 2.24) is 20.1 Å². The van der Waals surface area contributed by atoms with Gasteiger partial charge in [0.15, 0.2) is 5.16 Å². The Morgan fingerprint density at radius 1 is 1.07 bits per heavy atom. The molecule has 1 aliphatic carbocycles. The van der Waals surface area contributed by atoms with Gasteiger partial charge in [-0.3, -0.25) is 9.36 Å². The first kappa shape index (κ1) is 19.1. The fourth-order valence-electron chi connectivity index (χ4n) is 4.34. The van der Waals surface area contributed by atoms with E-state index in [1.165, 1.54) is 43.9 Å². The second kappa shape index (κ2) is 9.28. The molecule has 2 aliphatic heterocycles. The molecule has 0 spiro atoms. The number of aromatic nitrogens is 3. The zero-order valence-electron chi connectivity index (χ0n) is 16.1. The first-order valence-corrected chi connectivity index (χ1v) is 11.5. The second-order valence-corrected chi connectivity index (χ2v) is 8.86. The maximum atomic E-state index is 12.3. The average molecular weight is 394 g/mol. The molecule has 3 fully saturated rings. The van der Waals surface area contributed by atoms with Crippen molar-refractivity contribution < 1.29 is 9.53 Å². The quantitative estimate of drug-likeness (QED) is 0.718. The number of carbonyl (C=O) groups excluding carboxylic acids is 1. The summed E-state index contributed by atoms with van der Waals surface area (Å²) >= 11 is 1.50. The number of hydrogen-bond donors (Lipinski definition) is 1. The molecule has 3 aliphatic rings. The molecule has 1 aromatic rings. The van der Waals surface area contributed by atoms with E-state index in [9.17, 15) is 4.79 Å². The molecule has 1 amide bonds. The Morgan fingerprint density at radius 3 is 2.63 bits per heavy atom. The summed E-state index contributed by atoms with van der Waals surface area (Å²) in [4.78, 5) is 14.7. The van der Waals surface area contributed by atoms with Crippen LogP contribution in [0.2, 0.25) is 0 Å². The highest BCUT2D eigenvalue weighted by atomic mass is 32.2. The monoisotopic (exact) mass is 393 g/mol. The number of anilines is 1. The molecule has 2 saturated heterocycles. The van der Waals surface area contributed by atoms with Crippen LogP contribution < -0.4 is 10.2 Å². The molecule has 27 heavy (non-hydrogen) atoms. The normalized spacial score (nSPS) is 23.9. The Bertz CT molecular complexity index is 620. The minimum Gasteiger partial charge on any atom is -0.376 e. The average Bonchev–Trinajstić information content (AvgIpc) is 3.44. The molecule has 150 valence electrons. The minimum absolute atomic E-state index is 0.109. The van der Waals surface area contributed by atoms with Crippen molar-refractivity contribution in [2.45, 2.75) is 81.6 Å². The van der Waals surface area contributed by atoms with Crippen molar-refractivity contribution in [2.75, 3.05) is 30.3 Å². The lowest BCUT2D eigenvalue weighted by Crippen LogP contribution is -2.34. The smallest absolute Gasteiger partial charge is 0.230 e. The lowest BCUT2D eigenvalue weighted by atomic mass is 10.1. The van der Waals surface area contributed by atoms with Crippen LogP contribution in [0.5, 0.6) is 0 Å². The van der Waals surface area contributed by atoms with E-state index in [-0.39, 0.29) is 12.0 Å². The third kappa shape index (κ3) is 4.96. The van der Waals surface area contributed by atoms with Crippen LogP contribution >= 0.6 is 11.8 Å². The molecule has 0 aromatic carbocycles. The molecule has 0 bridgehead atoms. The summed E-state index contributed by atoms with van der Waals surface area (Å²) in [6.07, 6.45) is 10.8.